The zero-order valence-electron chi connectivity index (χ0n) is 8.35. The van der Waals surface area contributed by atoms with E-state index < -0.39 is 15.2 Å². The fourth-order valence-corrected chi connectivity index (χ4v) is 2.28. The van der Waals surface area contributed by atoms with Crippen LogP contribution < -0.4 is 0 Å². The number of hydrogen-bond acceptors (Lipinski definition) is 3. The lowest BCUT2D eigenvalue weighted by Gasteiger charge is -2.05. The van der Waals surface area contributed by atoms with Crippen LogP contribution in [0.4, 0.5) is 0 Å². The van der Waals surface area contributed by atoms with Gasteiger partial charge in [-0.1, -0.05) is 24.3 Å². The first-order valence-electron chi connectivity index (χ1n) is 4.55. The Kier molecular flexibility index (Phi) is 4.13. The lowest BCUT2D eigenvalue weighted by Crippen LogP contribution is -2.04. The average Bonchev–Trinajstić information content (AvgIpc) is 2.05. The molecule has 5 heteroatoms. The van der Waals surface area contributed by atoms with Crippen molar-refractivity contribution < 1.29 is 13.5 Å². The van der Waals surface area contributed by atoms with Gasteiger partial charge in [-0.15, -0.1) is 0 Å². The molecule has 1 atom stereocenters. The minimum atomic E-state index is -3.49. The molecule has 0 fully saturated rings. The molecule has 1 aromatic rings. The van der Waals surface area contributed by atoms with E-state index >= 15 is 0 Å². The summed E-state index contributed by atoms with van der Waals surface area (Å²) in [6.07, 6.45) is 0.168. The first-order valence-corrected chi connectivity index (χ1v) is 7.03. The molecule has 0 spiro atoms. The summed E-state index contributed by atoms with van der Waals surface area (Å²) in [6, 6.07) is 7.00. The highest BCUT2D eigenvalue weighted by Gasteiger charge is 2.07. The molecule has 0 aromatic heterocycles. The maximum atomic E-state index is 10.8. The zero-order chi connectivity index (χ0) is 11.5. The second-order valence-corrected chi connectivity index (χ2v) is 6.33. The van der Waals surface area contributed by atoms with Gasteiger partial charge in [0.1, 0.15) is 0 Å². The van der Waals surface area contributed by atoms with Crippen molar-refractivity contribution in [2.24, 2.45) is 0 Å². The van der Waals surface area contributed by atoms with Crippen LogP contribution in [0.25, 0.3) is 0 Å². The van der Waals surface area contributed by atoms with Crippen LogP contribution in [0.1, 0.15) is 18.1 Å². The van der Waals surface area contributed by atoms with Crippen molar-refractivity contribution in [3.05, 3.63) is 35.4 Å². The molecule has 84 valence electrons. The quantitative estimate of drug-likeness (QED) is 0.825. The Morgan fingerprint density at radius 1 is 1.27 bits per heavy atom. The van der Waals surface area contributed by atoms with Crippen molar-refractivity contribution in [3.8, 4) is 0 Å². The van der Waals surface area contributed by atoms with Crippen LogP contribution in [0.5, 0.6) is 0 Å². The van der Waals surface area contributed by atoms with Crippen LogP contribution in [-0.2, 0) is 21.2 Å². The van der Waals surface area contributed by atoms with E-state index in [0.717, 1.165) is 5.56 Å². The van der Waals surface area contributed by atoms with E-state index in [4.69, 9.17) is 15.8 Å². The van der Waals surface area contributed by atoms with E-state index in [1.54, 1.807) is 31.2 Å². The monoisotopic (exact) mass is 248 g/mol. The van der Waals surface area contributed by atoms with Gasteiger partial charge in [-0.3, -0.25) is 0 Å². The third kappa shape index (κ3) is 5.16. The van der Waals surface area contributed by atoms with E-state index in [2.05, 4.69) is 0 Å². The van der Waals surface area contributed by atoms with Crippen LogP contribution in [0, 0.1) is 0 Å². The van der Waals surface area contributed by atoms with Gasteiger partial charge in [0.05, 0.1) is 11.9 Å². The Morgan fingerprint density at radius 3 is 2.13 bits per heavy atom. The number of halogens is 1. The third-order valence-electron chi connectivity index (χ3n) is 1.89. The summed E-state index contributed by atoms with van der Waals surface area (Å²) in [7, 11) is 1.63. The molecule has 1 unspecified atom stereocenters. The number of hydrogen-bond donors (Lipinski definition) is 1. The van der Waals surface area contributed by atoms with E-state index in [1.807, 2.05) is 0 Å². The second kappa shape index (κ2) is 4.96. The topological polar surface area (TPSA) is 54.4 Å². The molecule has 15 heavy (non-hydrogen) atoms. The van der Waals surface area contributed by atoms with Crippen molar-refractivity contribution in [1.82, 2.24) is 0 Å². The van der Waals surface area contributed by atoms with Crippen LogP contribution in [0.15, 0.2) is 24.3 Å². The van der Waals surface area contributed by atoms with Crippen LogP contribution in [-0.4, -0.2) is 19.6 Å². The Bertz CT molecular complexity index is 409. The van der Waals surface area contributed by atoms with E-state index in [9.17, 15) is 8.42 Å². The first-order chi connectivity index (χ1) is 6.87. The van der Waals surface area contributed by atoms with Gasteiger partial charge >= 0.3 is 0 Å². The average molecular weight is 249 g/mol. The molecule has 0 bridgehead atoms. The molecule has 0 radical (unpaired) electrons. The molecule has 0 amide bonds. The maximum absolute atomic E-state index is 10.8. The molecular weight excluding hydrogens is 236 g/mol. The number of aliphatic hydroxyl groups is 1. The Labute approximate surface area is 94.1 Å². The van der Waals surface area contributed by atoms with E-state index in [0.29, 0.717) is 12.0 Å². The molecule has 3 nitrogen and oxygen atoms in total. The highest BCUT2D eigenvalue weighted by molar-refractivity contribution is 8.13. The van der Waals surface area contributed by atoms with Crippen molar-refractivity contribution in [2.45, 2.75) is 25.2 Å². The van der Waals surface area contributed by atoms with Crippen LogP contribution in [0.2, 0.25) is 0 Å². The lowest BCUT2D eigenvalue weighted by atomic mass is 10.1. The first kappa shape index (κ1) is 12.5. The van der Waals surface area contributed by atoms with Gasteiger partial charge in [-0.25, -0.2) is 8.42 Å². The van der Waals surface area contributed by atoms with Crippen molar-refractivity contribution in [3.63, 3.8) is 0 Å². The highest BCUT2D eigenvalue weighted by Crippen LogP contribution is 2.12. The summed E-state index contributed by atoms with van der Waals surface area (Å²) in [5, 5.41) is 9.14. The predicted molar refractivity (Wildman–Crippen MR) is 60.3 cm³/mol. The van der Waals surface area contributed by atoms with Gasteiger partial charge in [0, 0.05) is 10.7 Å². The summed E-state index contributed by atoms with van der Waals surface area (Å²) >= 11 is 0. The molecule has 0 aliphatic carbocycles. The fourth-order valence-electron chi connectivity index (χ4n) is 1.31. The summed E-state index contributed by atoms with van der Waals surface area (Å²) in [5.41, 5.74) is 1.63. The third-order valence-corrected chi connectivity index (χ3v) is 2.90. The van der Waals surface area contributed by atoms with E-state index in [-0.39, 0.29) is 5.75 Å². The summed E-state index contributed by atoms with van der Waals surface area (Å²) in [5.74, 6) is -0.163. The molecule has 0 heterocycles. The molecule has 1 N–H and O–H groups in total. The van der Waals surface area contributed by atoms with Crippen LogP contribution >= 0.6 is 10.7 Å². The molecule has 1 rings (SSSR count). The number of rotatable bonds is 4. The van der Waals surface area contributed by atoms with Gasteiger partial charge in [-0.05, 0) is 24.5 Å². The molecule has 0 aliphatic heterocycles. The van der Waals surface area contributed by atoms with Crippen molar-refractivity contribution in [1.29, 1.82) is 0 Å². The number of aliphatic hydroxyl groups excluding tert-OH is 1. The summed E-state index contributed by atoms with van der Waals surface area (Å²) < 4.78 is 21.6. The summed E-state index contributed by atoms with van der Waals surface area (Å²) in [6.45, 7) is 1.71. The Balaban J connectivity index is 2.73. The predicted octanol–water partition coefficient (Wildman–Crippen LogP) is 1.68. The van der Waals surface area contributed by atoms with Crippen molar-refractivity contribution in [2.75, 3.05) is 0 Å². The van der Waals surface area contributed by atoms with Crippen molar-refractivity contribution >= 4 is 19.7 Å². The normalized spacial score (nSPS) is 13.8. The number of benzene rings is 1. The Hall–Kier alpha value is -0.580. The molecular formula is C10H13ClO3S. The smallest absolute Gasteiger partial charge is 0.236 e. The molecule has 0 saturated carbocycles. The summed E-state index contributed by atoms with van der Waals surface area (Å²) in [4.78, 5) is 0. The van der Waals surface area contributed by atoms with Gasteiger partial charge < -0.3 is 5.11 Å². The minimum Gasteiger partial charge on any atom is -0.393 e. The standard InChI is InChI=1S/C10H13ClO3S/c1-8(12)6-9-2-4-10(5-3-9)7-15(11,13)14/h2-5,8,12H,6-7H2,1H3. The van der Waals surface area contributed by atoms with Gasteiger partial charge in [-0.2, -0.15) is 0 Å². The zero-order valence-corrected chi connectivity index (χ0v) is 9.92. The molecule has 1 aromatic carbocycles. The Morgan fingerprint density at radius 2 is 1.73 bits per heavy atom. The minimum absolute atomic E-state index is 0.163. The molecule has 0 aliphatic rings. The fraction of sp³-hybridized carbons (Fsp3) is 0.400. The van der Waals surface area contributed by atoms with Crippen LogP contribution in [0.3, 0.4) is 0 Å². The SMILES string of the molecule is CC(O)Cc1ccc(CS(=O)(=O)Cl)cc1. The van der Waals surface area contributed by atoms with Gasteiger partial charge in [0.2, 0.25) is 9.05 Å². The lowest BCUT2D eigenvalue weighted by molar-refractivity contribution is 0.195. The van der Waals surface area contributed by atoms with E-state index in [1.165, 1.54) is 0 Å². The van der Waals surface area contributed by atoms with Gasteiger partial charge in [0.15, 0.2) is 0 Å². The maximum Gasteiger partial charge on any atom is 0.236 e. The highest BCUT2D eigenvalue weighted by atomic mass is 35.7. The largest absolute Gasteiger partial charge is 0.393 e. The second-order valence-electron chi connectivity index (χ2n) is 3.55. The molecule has 0 saturated heterocycles. The van der Waals surface area contributed by atoms with Gasteiger partial charge in [0.25, 0.3) is 0 Å².